The molecule has 262 valence electrons. The van der Waals surface area contributed by atoms with Crippen LogP contribution in [0.3, 0.4) is 0 Å². The van der Waals surface area contributed by atoms with Crippen LogP contribution in [0.5, 0.6) is 5.75 Å². The van der Waals surface area contributed by atoms with Gasteiger partial charge >= 0.3 is 0 Å². The molecule has 0 aliphatic heterocycles. The lowest BCUT2D eigenvalue weighted by molar-refractivity contribution is -0.117. The number of allylic oxidation sites excluding steroid dienone is 12. The van der Waals surface area contributed by atoms with Gasteiger partial charge in [-0.1, -0.05) is 48.6 Å². The summed E-state index contributed by atoms with van der Waals surface area (Å²) in [4.78, 5) is 62.4. The van der Waals surface area contributed by atoms with Crippen molar-refractivity contribution in [3.63, 3.8) is 0 Å². The maximum atomic E-state index is 13.0. The molecular formula is C43H44N2O6. The van der Waals surface area contributed by atoms with Crippen LogP contribution in [-0.2, 0) is 20.8 Å². The molecule has 0 fully saturated rings. The van der Waals surface area contributed by atoms with Crippen molar-refractivity contribution < 1.29 is 29.1 Å². The van der Waals surface area contributed by atoms with Crippen LogP contribution in [0.1, 0.15) is 96.2 Å². The SMILES string of the molecule is C/C=C/C=C\C=C(/C)C(=O)c1cc(NC(=O)c2cc3c(cc2O)CCC(C(=O)NC)=C3)ccc1C.O=C1C2=CCCC=C2C(=O)C2=C1CCCC2. The molecular weight excluding hydrogens is 640 g/mol. The van der Waals surface area contributed by atoms with Crippen LogP contribution in [0.25, 0.3) is 6.08 Å². The minimum Gasteiger partial charge on any atom is -0.507 e. The van der Waals surface area contributed by atoms with Crippen LogP contribution in [0.2, 0.25) is 0 Å². The van der Waals surface area contributed by atoms with Gasteiger partial charge in [0.2, 0.25) is 5.91 Å². The second-order valence-electron chi connectivity index (χ2n) is 13.0. The Hall–Kier alpha value is -5.63. The second-order valence-corrected chi connectivity index (χ2v) is 13.0. The average Bonchev–Trinajstić information content (AvgIpc) is 3.15. The van der Waals surface area contributed by atoms with E-state index in [0.717, 1.165) is 66.4 Å². The minimum absolute atomic E-state index is 0.0943. The lowest BCUT2D eigenvalue weighted by Crippen LogP contribution is -2.27. The van der Waals surface area contributed by atoms with Crippen molar-refractivity contribution in [1.29, 1.82) is 0 Å². The molecule has 0 bridgehead atoms. The van der Waals surface area contributed by atoms with Crippen molar-refractivity contribution in [1.82, 2.24) is 5.32 Å². The number of phenolic OH excluding ortho intramolecular Hbond substituents is 1. The molecule has 0 aromatic heterocycles. The Morgan fingerprint density at radius 2 is 1.47 bits per heavy atom. The van der Waals surface area contributed by atoms with Gasteiger partial charge in [0.1, 0.15) is 5.75 Å². The third-order valence-corrected chi connectivity index (χ3v) is 9.53. The molecule has 4 aliphatic rings. The maximum Gasteiger partial charge on any atom is 0.259 e. The lowest BCUT2D eigenvalue weighted by atomic mass is 9.74. The number of benzene rings is 2. The fourth-order valence-electron chi connectivity index (χ4n) is 6.69. The quantitative estimate of drug-likeness (QED) is 0.154. The number of aromatic hydroxyl groups is 1. The molecule has 0 unspecified atom stereocenters. The van der Waals surface area contributed by atoms with Gasteiger partial charge in [-0.25, -0.2) is 0 Å². The highest BCUT2D eigenvalue weighted by Crippen LogP contribution is 2.38. The largest absolute Gasteiger partial charge is 0.507 e. The standard InChI is InChI=1S/C29H30N2O4.C14H14O2/c1-5-6-7-8-9-19(3)27(33)24-17-23(13-10-18(24)2)31-29(35)25-15-22-14-21(28(34)30-4)12-11-20(22)16-26(25)32;15-13-9-5-1-2-6-10(9)14(16)12-8-4-3-7-11(12)13/h5-10,13-17,32H,11-12H2,1-4H3,(H,30,34)(H,31,35);5-6H,1-4,7-8H2/b6-5+,8-7-,19-9+;. The van der Waals surface area contributed by atoms with Gasteiger partial charge in [-0.2, -0.15) is 0 Å². The molecule has 2 amide bonds. The number of ketones is 3. The van der Waals surface area contributed by atoms with E-state index in [1.807, 2.05) is 44.2 Å². The highest BCUT2D eigenvalue weighted by Gasteiger charge is 2.35. The van der Waals surface area contributed by atoms with E-state index in [1.165, 1.54) is 0 Å². The number of hydrogen-bond donors (Lipinski definition) is 3. The Kier molecular flexibility index (Phi) is 11.8. The zero-order chi connectivity index (χ0) is 36.7. The van der Waals surface area contributed by atoms with E-state index in [9.17, 15) is 29.1 Å². The summed E-state index contributed by atoms with van der Waals surface area (Å²) in [7, 11) is 1.58. The van der Waals surface area contributed by atoms with Crippen molar-refractivity contribution in [2.45, 2.75) is 72.1 Å². The second kappa shape index (κ2) is 16.4. The third kappa shape index (κ3) is 8.23. The van der Waals surface area contributed by atoms with E-state index in [1.54, 1.807) is 62.5 Å². The summed E-state index contributed by atoms with van der Waals surface area (Å²) >= 11 is 0. The first-order chi connectivity index (χ1) is 24.5. The first kappa shape index (κ1) is 36.6. The number of phenols is 1. The van der Waals surface area contributed by atoms with E-state index in [0.29, 0.717) is 46.4 Å². The zero-order valence-corrected chi connectivity index (χ0v) is 29.7. The van der Waals surface area contributed by atoms with Crippen LogP contribution in [0.15, 0.2) is 106 Å². The summed E-state index contributed by atoms with van der Waals surface area (Å²) < 4.78 is 0. The number of anilines is 1. The molecule has 2 aromatic rings. The van der Waals surface area contributed by atoms with Crippen molar-refractivity contribution >= 4 is 40.9 Å². The lowest BCUT2D eigenvalue weighted by Gasteiger charge is -2.27. The monoisotopic (exact) mass is 684 g/mol. The average molecular weight is 685 g/mol. The van der Waals surface area contributed by atoms with E-state index >= 15 is 0 Å². The number of Topliss-reactive ketones (excluding diaryl/α,β-unsaturated/α-hetero) is 3. The third-order valence-electron chi connectivity index (χ3n) is 9.53. The highest BCUT2D eigenvalue weighted by atomic mass is 16.3. The van der Waals surface area contributed by atoms with Crippen molar-refractivity contribution in [3.8, 4) is 5.75 Å². The smallest absolute Gasteiger partial charge is 0.259 e. The number of amides is 2. The molecule has 8 nitrogen and oxygen atoms in total. The summed E-state index contributed by atoms with van der Waals surface area (Å²) in [6, 6.07) is 8.29. The summed E-state index contributed by atoms with van der Waals surface area (Å²) in [5.74, 6) is -0.677. The maximum absolute atomic E-state index is 13.0. The molecule has 4 aliphatic carbocycles. The Morgan fingerprint density at radius 1 is 0.804 bits per heavy atom. The Balaban J connectivity index is 0.000000259. The molecule has 0 heterocycles. The molecule has 8 heteroatoms. The number of nitrogens with one attached hydrogen (secondary N) is 2. The summed E-state index contributed by atoms with van der Waals surface area (Å²) in [6.07, 6.45) is 21.4. The van der Waals surface area contributed by atoms with E-state index < -0.39 is 5.91 Å². The molecule has 0 spiro atoms. The molecule has 6 rings (SSSR count). The Labute approximate surface area is 299 Å². The summed E-state index contributed by atoms with van der Waals surface area (Å²) in [6.45, 7) is 5.50. The zero-order valence-electron chi connectivity index (χ0n) is 29.7. The molecule has 0 saturated carbocycles. The van der Waals surface area contributed by atoms with Crippen LogP contribution >= 0.6 is 0 Å². The molecule has 51 heavy (non-hydrogen) atoms. The van der Waals surface area contributed by atoms with Crippen molar-refractivity contribution in [2.24, 2.45) is 0 Å². The minimum atomic E-state index is -0.505. The number of aryl methyl sites for hydroxylation is 2. The fraction of sp³-hybridized carbons (Fsp3) is 0.279. The molecule has 0 radical (unpaired) electrons. The predicted molar refractivity (Wildman–Crippen MR) is 201 cm³/mol. The molecule has 0 saturated heterocycles. The van der Waals surface area contributed by atoms with Gasteiger partial charge in [0, 0.05) is 46.2 Å². The molecule has 3 N–H and O–H groups in total. The van der Waals surface area contributed by atoms with Gasteiger partial charge in [-0.15, -0.1) is 0 Å². The normalized spacial score (nSPS) is 17.0. The predicted octanol–water partition coefficient (Wildman–Crippen LogP) is 7.95. The Morgan fingerprint density at radius 3 is 2.10 bits per heavy atom. The fourth-order valence-corrected chi connectivity index (χ4v) is 6.69. The van der Waals surface area contributed by atoms with Gasteiger partial charge in [-0.3, -0.25) is 24.0 Å². The van der Waals surface area contributed by atoms with Gasteiger partial charge in [-0.05, 0) is 125 Å². The van der Waals surface area contributed by atoms with Crippen LogP contribution < -0.4 is 10.6 Å². The first-order valence-corrected chi connectivity index (χ1v) is 17.5. The van der Waals surface area contributed by atoms with E-state index in [-0.39, 0.29) is 34.6 Å². The van der Waals surface area contributed by atoms with Crippen LogP contribution in [-0.4, -0.2) is 41.3 Å². The molecule has 0 atom stereocenters. The van der Waals surface area contributed by atoms with Gasteiger partial charge in [0.25, 0.3) is 5.91 Å². The Bertz CT molecular complexity index is 1990. The molecule has 2 aromatic carbocycles. The summed E-state index contributed by atoms with van der Waals surface area (Å²) in [5.41, 5.74) is 7.59. The van der Waals surface area contributed by atoms with Gasteiger partial charge in [0.05, 0.1) is 5.56 Å². The first-order valence-electron chi connectivity index (χ1n) is 17.5. The number of carbonyl (C=O) groups is 5. The van der Waals surface area contributed by atoms with E-state index in [4.69, 9.17) is 0 Å². The van der Waals surface area contributed by atoms with Gasteiger partial charge in [0.15, 0.2) is 17.3 Å². The summed E-state index contributed by atoms with van der Waals surface area (Å²) in [5, 5.41) is 15.9. The number of carbonyl (C=O) groups excluding carboxylic acids is 5. The topological polar surface area (TPSA) is 130 Å². The number of likely N-dealkylation sites (N-methyl/N-ethyl adjacent to an activating group) is 1. The van der Waals surface area contributed by atoms with Crippen molar-refractivity contribution in [2.75, 3.05) is 12.4 Å². The highest BCUT2D eigenvalue weighted by molar-refractivity contribution is 6.29. The van der Waals surface area contributed by atoms with E-state index in [2.05, 4.69) is 10.6 Å². The van der Waals surface area contributed by atoms with Crippen molar-refractivity contribution in [3.05, 3.63) is 134 Å². The van der Waals surface area contributed by atoms with Gasteiger partial charge < -0.3 is 15.7 Å². The number of fused-ring (bicyclic) bond motifs is 2. The number of hydrogen-bond acceptors (Lipinski definition) is 6. The van der Waals surface area contributed by atoms with Crippen LogP contribution in [0, 0.1) is 6.92 Å². The van der Waals surface area contributed by atoms with Crippen LogP contribution in [0.4, 0.5) is 5.69 Å². The number of rotatable bonds is 7.